The second-order valence-corrected chi connectivity index (χ2v) is 4.92. The molecule has 0 N–H and O–H groups in total. The predicted molar refractivity (Wildman–Crippen MR) is 77.2 cm³/mol. The van der Waals surface area contributed by atoms with Crippen LogP contribution in [0.25, 0.3) is 0 Å². The normalized spacial score (nSPS) is 16.1. The lowest BCUT2D eigenvalue weighted by molar-refractivity contribution is 0.874. The molecular weight excluding hydrogens is 211 g/mol. The number of allylic oxidation sites excluding steroid dienone is 6. The van der Waals surface area contributed by atoms with Crippen LogP contribution in [0, 0.1) is 0 Å². The van der Waals surface area contributed by atoms with Crippen LogP contribution in [0.1, 0.15) is 19.3 Å². The molecule has 2 radical (unpaired) electrons. The Morgan fingerprint density at radius 1 is 1.44 bits per heavy atom. The third-order valence-electron chi connectivity index (χ3n) is 2.60. The maximum Gasteiger partial charge on any atom is 0.0708 e. The van der Waals surface area contributed by atoms with Crippen molar-refractivity contribution in [3.05, 3.63) is 47.6 Å². The molecule has 0 amide bonds. The molecule has 0 saturated heterocycles. The van der Waals surface area contributed by atoms with Gasteiger partial charge in [-0.3, -0.25) is 0 Å². The molecule has 0 spiro atoms. The molecule has 0 fully saturated rings. The second kappa shape index (κ2) is 7.62. The standard InChI is InChI=1S/C14H19BS/c1-12(4-3-9-15)10-13-5-7-14(8-6-13)11-16-2/h3-5,7H,1,6,8-11H2,2H3/b4-3+. The molecule has 2 heteroatoms. The topological polar surface area (TPSA) is 0 Å². The highest BCUT2D eigenvalue weighted by molar-refractivity contribution is 7.98. The first-order chi connectivity index (χ1) is 7.76. The fraction of sp³-hybridized carbons (Fsp3) is 0.429. The van der Waals surface area contributed by atoms with E-state index in [2.05, 4.69) is 25.0 Å². The van der Waals surface area contributed by atoms with E-state index in [1.165, 1.54) is 18.4 Å². The molecule has 1 aliphatic carbocycles. The summed E-state index contributed by atoms with van der Waals surface area (Å²) in [5.41, 5.74) is 4.19. The first-order valence-corrected chi connectivity index (χ1v) is 7.06. The highest BCUT2D eigenvalue weighted by Crippen LogP contribution is 2.25. The monoisotopic (exact) mass is 230 g/mol. The van der Waals surface area contributed by atoms with Crippen LogP contribution in [-0.4, -0.2) is 19.9 Å². The number of hydrogen-bond donors (Lipinski definition) is 0. The van der Waals surface area contributed by atoms with Crippen LogP contribution < -0.4 is 0 Å². The van der Waals surface area contributed by atoms with Crippen molar-refractivity contribution in [1.29, 1.82) is 0 Å². The molecule has 16 heavy (non-hydrogen) atoms. The van der Waals surface area contributed by atoms with Gasteiger partial charge >= 0.3 is 0 Å². The lowest BCUT2D eigenvalue weighted by atomic mass is 9.94. The van der Waals surface area contributed by atoms with Crippen molar-refractivity contribution < 1.29 is 0 Å². The van der Waals surface area contributed by atoms with E-state index in [-0.39, 0.29) is 0 Å². The van der Waals surface area contributed by atoms with Gasteiger partial charge in [-0.1, -0.05) is 53.9 Å². The highest BCUT2D eigenvalue weighted by atomic mass is 32.2. The Morgan fingerprint density at radius 2 is 2.12 bits per heavy atom. The van der Waals surface area contributed by atoms with Crippen LogP contribution in [0.4, 0.5) is 0 Å². The highest BCUT2D eigenvalue weighted by Gasteiger charge is 2.06. The van der Waals surface area contributed by atoms with Crippen molar-refractivity contribution in [3.8, 4) is 0 Å². The molecule has 0 aromatic carbocycles. The van der Waals surface area contributed by atoms with Crippen LogP contribution in [0.5, 0.6) is 0 Å². The molecule has 0 heterocycles. The fourth-order valence-electron chi connectivity index (χ4n) is 1.76. The van der Waals surface area contributed by atoms with Gasteiger partial charge in [0.05, 0.1) is 7.85 Å². The Labute approximate surface area is 105 Å². The van der Waals surface area contributed by atoms with E-state index >= 15 is 0 Å². The van der Waals surface area contributed by atoms with Crippen molar-refractivity contribution in [3.63, 3.8) is 0 Å². The van der Waals surface area contributed by atoms with Crippen molar-refractivity contribution in [2.24, 2.45) is 0 Å². The van der Waals surface area contributed by atoms with Gasteiger partial charge in [-0.2, -0.15) is 11.8 Å². The molecule has 0 nitrogen and oxygen atoms in total. The predicted octanol–water partition coefficient (Wildman–Crippen LogP) is 4.09. The molecule has 0 atom stereocenters. The van der Waals surface area contributed by atoms with Crippen LogP contribution in [-0.2, 0) is 0 Å². The summed E-state index contributed by atoms with van der Waals surface area (Å²) in [7, 11) is 5.41. The number of thioether (sulfide) groups is 1. The zero-order valence-corrected chi connectivity index (χ0v) is 10.9. The molecule has 1 aliphatic rings. The Bertz CT molecular complexity index is 324. The fourth-order valence-corrected chi connectivity index (χ4v) is 2.37. The number of rotatable bonds is 6. The van der Waals surface area contributed by atoms with Gasteiger partial charge in [-0.15, -0.1) is 0 Å². The van der Waals surface area contributed by atoms with Gasteiger partial charge in [-0.25, -0.2) is 0 Å². The zero-order valence-electron chi connectivity index (χ0n) is 10.0. The van der Waals surface area contributed by atoms with E-state index in [1.54, 1.807) is 5.57 Å². The molecule has 0 unspecified atom stereocenters. The summed E-state index contributed by atoms with van der Waals surface area (Å²) >= 11 is 1.89. The Morgan fingerprint density at radius 3 is 2.69 bits per heavy atom. The molecule has 0 bridgehead atoms. The van der Waals surface area contributed by atoms with Crippen molar-refractivity contribution >= 4 is 19.6 Å². The summed E-state index contributed by atoms with van der Waals surface area (Å²) < 4.78 is 0. The van der Waals surface area contributed by atoms with Crippen molar-refractivity contribution in [2.75, 3.05) is 12.0 Å². The van der Waals surface area contributed by atoms with Crippen LogP contribution >= 0.6 is 11.8 Å². The van der Waals surface area contributed by atoms with Gasteiger partial charge in [0.1, 0.15) is 0 Å². The third kappa shape index (κ3) is 4.93. The largest absolute Gasteiger partial charge is 0.161 e. The van der Waals surface area contributed by atoms with Gasteiger partial charge in [0, 0.05) is 5.75 Å². The smallest absolute Gasteiger partial charge is 0.0708 e. The summed E-state index contributed by atoms with van der Waals surface area (Å²) in [5, 5.41) is 0. The van der Waals surface area contributed by atoms with Gasteiger partial charge in [-0.05, 0) is 25.5 Å². The maximum atomic E-state index is 5.41. The maximum absolute atomic E-state index is 5.41. The van der Waals surface area contributed by atoms with Crippen LogP contribution in [0.3, 0.4) is 0 Å². The SMILES string of the molecule is [B]C/C=C/C(=C)CC1=CC=C(CSC)CC1. The minimum absolute atomic E-state index is 0.593. The van der Waals surface area contributed by atoms with Crippen LogP contribution in [0.2, 0.25) is 6.32 Å². The van der Waals surface area contributed by atoms with Crippen molar-refractivity contribution in [2.45, 2.75) is 25.6 Å². The summed E-state index contributed by atoms with van der Waals surface area (Å²) in [6.07, 6.45) is 14.6. The Kier molecular flexibility index (Phi) is 6.40. The Hall–Kier alpha value is -0.625. The molecular formula is C14H19BS. The quantitative estimate of drug-likeness (QED) is 0.489. The second-order valence-electron chi connectivity index (χ2n) is 4.06. The molecule has 84 valence electrons. The van der Waals surface area contributed by atoms with Gasteiger partial charge in [0.2, 0.25) is 0 Å². The minimum Gasteiger partial charge on any atom is -0.161 e. The number of hydrogen-bond acceptors (Lipinski definition) is 1. The molecule has 1 rings (SSSR count). The van der Waals surface area contributed by atoms with E-state index in [9.17, 15) is 0 Å². The van der Waals surface area contributed by atoms with Gasteiger partial charge < -0.3 is 0 Å². The lowest BCUT2D eigenvalue weighted by Crippen LogP contribution is -1.96. The average Bonchev–Trinajstić information content (AvgIpc) is 2.29. The molecule has 0 aromatic rings. The first kappa shape index (κ1) is 13.4. The van der Waals surface area contributed by atoms with Gasteiger partial charge in [0.25, 0.3) is 0 Å². The van der Waals surface area contributed by atoms with E-state index < -0.39 is 0 Å². The summed E-state index contributed by atoms with van der Waals surface area (Å²) in [6.45, 7) is 4.03. The molecule has 0 saturated carbocycles. The van der Waals surface area contributed by atoms with Gasteiger partial charge in [0.15, 0.2) is 0 Å². The third-order valence-corrected chi connectivity index (χ3v) is 3.25. The van der Waals surface area contributed by atoms with E-state index in [0.29, 0.717) is 6.32 Å². The minimum atomic E-state index is 0.593. The zero-order chi connectivity index (χ0) is 11.8. The summed E-state index contributed by atoms with van der Waals surface area (Å²) in [5.74, 6) is 1.16. The van der Waals surface area contributed by atoms with E-state index in [4.69, 9.17) is 7.85 Å². The average molecular weight is 230 g/mol. The molecule has 0 aromatic heterocycles. The Balaban J connectivity index is 2.45. The molecule has 0 aliphatic heterocycles. The van der Waals surface area contributed by atoms with Crippen LogP contribution in [0.15, 0.2) is 47.6 Å². The first-order valence-electron chi connectivity index (χ1n) is 5.67. The van der Waals surface area contributed by atoms with E-state index in [0.717, 1.165) is 17.7 Å². The lowest BCUT2D eigenvalue weighted by Gasteiger charge is -2.14. The summed E-state index contributed by atoms with van der Waals surface area (Å²) in [6, 6.07) is 0. The summed E-state index contributed by atoms with van der Waals surface area (Å²) in [4.78, 5) is 0. The van der Waals surface area contributed by atoms with E-state index in [1.807, 2.05) is 23.9 Å². The van der Waals surface area contributed by atoms with Crippen molar-refractivity contribution in [1.82, 2.24) is 0 Å².